The summed E-state index contributed by atoms with van der Waals surface area (Å²) in [5.74, 6) is -0.926. The number of amides is 1. The number of rotatable bonds is 4. The molecule has 100 valence electrons. The highest BCUT2D eigenvalue weighted by Crippen LogP contribution is 2.13. The molecule has 0 aromatic heterocycles. The molecule has 2 aromatic carbocycles. The molecule has 0 saturated carbocycles. The second-order valence-electron chi connectivity index (χ2n) is 4.26. The first-order valence-electron chi connectivity index (χ1n) is 5.92. The summed E-state index contributed by atoms with van der Waals surface area (Å²) in [5, 5.41) is 11.9. The van der Waals surface area contributed by atoms with Crippen LogP contribution in [0.15, 0.2) is 42.5 Å². The molecule has 0 unspecified atom stereocenters. The molecule has 2 rings (SSSR count). The number of nitrogens with zero attached hydrogens (tertiary/aromatic N) is 1. The SMILES string of the molecule is N#Cc1cc(F)cc(CNc2ccc(C(N)=O)cc2)c1. The van der Waals surface area contributed by atoms with E-state index in [0.29, 0.717) is 17.7 Å². The molecule has 0 aliphatic rings. The monoisotopic (exact) mass is 269 g/mol. The summed E-state index contributed by atoms with van der Waals surface area (Å²) >= 11 is 0. The fourth-order valence-electron chi connectivity index (χ4n) is 1.77. The quantitative estimate of drug-likeness (QED) is 0.894. The lowest BCUT2D eigenvalue weighted by atomic mass is 10.1. The van der Waals surface area contributed by atoms with Crippen molar-refractivity contribution in [1.29, 1.82) is 5.26 Å². The first-order chi connectivity index (χ1) is 9.58. The zero-order valence-electron chi connectivity index (χ0n) is 10.6. The van der Waals surface area contributed by atoms with Crippen LogP contribution in [0.5, 0.6) is 0 Å². The Bertz CT molecular complexity index is 675. The van der Waals surface area contributed by atoms with E-state index in [0.717, 1.165) is 5.69 Å². The summed E-state index contributed by atoms with van der Waals surface area (Å²) in [6.07, 6.45) is 0. The molecule has 1 amide bonds. The Morgan fingerprint density at radius 1 is 1.25 bits per heavy atom. The number of nitrogens with one attached hydrogen (secondary N) is 1. The minimum atomic E-state index is -0.486. The summed E-state index contributed by atoms with van der Waals surface area (Å²) in [6, 6.07) is 12.7. The fourth-order valence-corrected chi connectivity index (χ4v) is 1.77. The average molecular weight is 269 g/mol. The van der Waals surface area contributed by atoms with Crippen molar-refractivity contribution in [3.63, 3.8) is 0 Å². The van der Waals surface area contributed by atoms with Crippen LogP contribution in [0.25, 0.3) is 0 Å². The molecule has 0 radical (unpaired) electrons. The van der Waals surface area contributed by atoms with Crippen LogP contribution in [0.3, 0.4) is 0 Å². The lowest BCUT2D eigenvalue weighted by Gasteiger charge is -2.07. The molecular formula is C15H12FN3O. The van der Waals surface area contributed by atoms with Gasteiger partial charge in [-0.2, -0.15) is 5.26 Å². The predicted molar refractivity (Wildman–Crippen MR) is 73.4 cm³/mol. The van der Waals surface area contributed by atoms with Crippen LogP contribution < -0.4 is 11.1 Å². The highest BCUT2D eigenvalue weighted by molar-refractivity contribution is 5.93. The van der Waals surface area contributed by atoms with Crippen LogP contribution in [0.4, 0.5) is 10.1 Å². The Labute approximate surface area is 115 Å². The maximum absolute atomic E-state index is 13.3. The van der Waals surface area contributed by atoms with Crippen molar-refractivity contribution in [2.24, 2.45) is 5.73 Å². The van der Waals surface area contributed by atoms with Gasteiger partial charge < -0.3 is 11.1 Å². The Balaban J connectivity index is 2.07. The van der Waals surface area contributed by atoms with E-state index in [9.17, 15) is 9.18 Å². The highest BCUT2D eigenvalue weighted by Gasteiger charge is 2.02. The van der Waals surface area contributed by atoms with Gasteiger partial charge in [0, 0.05) is 17.8 Å². The number of hydrogen-bond donors (Lipinski definition) is 2. The second-order valence-corrected chi connectivity index (χ2v) is 4.26. The van der Waals surface area contributed by atoms with Crippen LogP contribution >= 0.6 is 0 Å². The van der Waals surface area contributed by atoms with Gasteiger partial charge in [0.15, 0.2) is 0 Å². The van der Waals surface area contributed by atoms with Gasteiger partial charge in [0.25, 0.3) is 0 Å². The molecule has 0 spiro atoms. The minimum Gasteiger partial charge on any atom is -0.381 e. The molecule has 0 bridgehead atoms. The van der Waals surface area contributed by atoms with Gasteiger partial charge in [0.2, 0.25) is 5.91 Å². The van der Waals surface area contributed by atoms with Crippen molar-refractivity contribution < 1.29 is 9.18 Å². The van der Waals surface area contributed by atoms with Crippen LogP contribution in [-0.2, 0) is 6.54 Å². The maximum atomic E-state index is 13.3. The number of nitrogens with two attached hydrogens (primary N) is 1. The third-order valence-corrected chi connectivity index (χ3v) is 2.75. The van der Waals surface area contributed by atoms with Gasteiger partial charge in [-0.3, -0.25) is 4.79 Å². The number of hydrogen-bond acceptors (Lipinski definition) is 3. The molecule has 0 saturated heterocycles. The van der Waals surface area contributed by atoms with Crippen molar-refractivity contribution in [1.82, 2.24) is 0 Å². The van der Waals surface area contributed by atoms with Gasteiger partial charge in [-0.05, 0) is 48.0 Å². The number of benzene rings is 2. The van der Waals surface area contributed by atoms with Gasteiger partial charge in [0.1, 0.15) is 5.82 Å². The van der Waals surface area contributed by atoms with Gasteiger partial charge >= 0.3 is 0 Å². The number of nitriles is 1. The van der Waals surface area contributed by atoms with Gasteiger partial charge in [-0.25, -0.2) is 4.39 Å². The van der Waals surface area contributed by atoms with E-state index in [1.165, 1.54) is 12.1 Å². The topological polar surface area (TPSA) is 78.9 Å². The Morgan fingerprint density at radius 3 is 2.55 bits per heavy atom. The Hall–Kier alpha value is -2.87. The van der Waals surface area contributed by atoms with Gasteiger partial charge in [-0.1, -0.05) is 0 Å². The molecule has 2 aromatic rings. The molecule has 4 nitrogen and oxygen atoms in total. The summed E-state index contributed by atoms with van der Waals surface area (Å²) in [5.41, 5.74) is 7.30. The maximum Gasteiger partial charge on any atom is 0.248 e. The lowest BCUT2D eigenvalue weighted by molar-refractivity contribution is 0.100. The van der Waals surface area contributed by atoms with E-state index in [4.69, 9.17) is 11.0 Å². The van der Waals surface area contributed by atoms with E-state index in [-0.39, 0.29) is 5.56 Å². The van der Waals surface area contributed by atoms with E-state index in [1.807, 2.05) is 6.07 Å². The van der Waals surface area contributed by atoms with E-state index < -0.39 is 11.7 Å². The summed E-state index contributed by atoms with van der Waals surface area (Å²) in [6.45, 7) is 0.377. The normalized spacial score (nSPS) is 9.80. The third-order valence-electron chi connectivity index (χ3n) is 2.75. The second kappa shape index (κ2) is 5.85. The number of carbonyl (C=O) groups excluding carboxylic acids is 1. The van der Waals surface area contributed by atoms with E-state index >= 15 is 0 Å². The molecule has 0 heterocycles. The summed E-state index contributed by atoms with van der Waals surface area (Å²) in [4.78, 5) is 10.9. The number of carbonyl (C=O) groups is 1. The molecule has 5 heteroatoms. The Morgan fingerprint density at radius 2 is 1.95 bits per heavy atom. The van der Waals surface area contributed by atoms with Gasteiger partial charge in [-0.15, -0.1) is 0 Å². The number of anilines is 1. The highest BCUT2D eigenvalue weighted by atomic mass is 19.1. The molecule has 3 N–H and O–H groups in total. The van der Waals surface area contributed by atoms with Crippen molar-refractivity contribution >= 4 is 11.6 Å². The predicted octanol–water partition coefficient (Wildman–Crippen LogP) is 2.41. The number of primary amides is 1. The standard InChI is InChI=1S/C15H12FN3O/c16-13-6-10(8-17)5-11(7-13)9-19-14-3-1-12(2-4-14)15(18)20/h1-7,19H,9H2,(H2,18,20). The molecule has 0 atom stereocenters. The largest absolute Gasteiger partial charge is 0.381 e. The van der Waals surface area contributed by atoms with Crippen molar-refractivity contribution in [2.45, 2.75) is 6.54 Å². The van der Waals surface area contributed by atoms with E-state index in [1.54, 1.807) is 30.3 Å². The van der Waals surface area contributed by atoms with Gasteiger partial charge in [0.05, 0.1) is 11.6 Å². The van der Waals surface area contributed by atoms with Crippen molar-refractivity contribution in [3.8, 4) is 6.07 Å². The first-order valence-corrected chi connectivity index (χ1v) is 5.92. The summed E-state index contributed by atoms with van der Waals surface area (Å²) in [7, 11) is 0. The zero-order chi connectivity index (χ0) is 14.5. The zero-order valence-corrected chi connectivity index (χ0v) is 10.6. The smallest absolute Gasteiger partial charge is 0.248 e. The lowest BCUT2D eigenvalue weighted by Crippen LogP contribution is -2.10. The fraction of sp³-hybridized carbons (Fsp3) is 0.0667. The Kier molecular flexibility index (Phi) is 3.96. The molecule has 20 heavy (non-hydrogen) atoms. The van der Waals surface area contributed by atoms with Crippen molar-refractivity contribution in [3.05, 3.63) is 65.0 Å². The third kappa shape index (κ3) is 3.33. The summed E-state index contributed by atoms with van der Waals surface area (Å²) < 4.78 is 13.3. The number of halogens is 1. The van der Waals surface area contributed by atoms with Crippen LogP contribution in [0, 0.1) is 17.1 Å². The van der Waals surface area contributed by atoms with Crippen LogP contribution in [-0.4, -0.2) is 5.91 Å². The molecular weight excluding hydrogens is 257 g/mol. The minimum absolute atomic E-state index is 0.283. The molecule has 0 aliphatic carbocycles. The van der Waals surface area contributed by atoms with Crippen LogP contribution in [0.2, 0.25) is 0 Å². The van der Waals surface area contributed by atoms with E-state index in [2.05, 4.69) is 5.32 Å². The first kappa shape index (κ1) is 13.6. The van der Waals surface area contributed by atoms with Crippen LogP contribution in [0.1, 0.15) is 21.5 Å². The van der Waals surface area contributed by atoms with Crippen molar-refractivity contribution in [2.75, 3.05) is 5.32 Å². The molecule has 0 aliphatic heterocycles. The average Bonchev–Trinajstić information content (AvgIpc) is 2.45. The molecule has 0 fully saturated rings.